The van der Waals surface area contributed by atoms with E-state index in [0.29, 0.717) is 3.57 Å². The predicted octanol–water partition coefficient (Wildman–Crippen LogP) is 2.46. The quantitative estimate of drug-likeness (QED) is 0.183. The van der Waals surface area contributed by atoms with Gasteiger partial charge in [0.15, 0.2) is 11.6 Å². The van der Waals surface area contributed by atoms with Gasteiger partial charge in [-0.1, -0.05) is 0 Å². The van der Waals surface area contributed by atoms with Crippen molar-refractivity contribution < 1.29 is 28.5 Å². The van der Waals surface area contributed by atoms with E-state index in [1.165, 1.54) is 6.07 Å². The van der Waals surface area contributed by atoms with Crippen molar-refractivity contribution in [1.29, 1.82) is 0 Å². The minimum absolute atomic E-state index is 0.0145. The second-order valence-corrected chi connectivity index (χ2v) is 5.24. The lowest BCUT2D eigenvalue weighted by molar-refractivity contribution is -0.137. The summed E-state index contributed by atoms with van der Waals surface area (Å²) in [6.45, 7) is 1.31. The molecule has 2 N–H and O–H groups in total. The van der Waals surface area contributed by atoms with Crippen molar-refractivity contribution in [1.82, 2.24) is 0 Å². The van der Waals surface area contributed by atoms with E-state index in [0.717, 1.165) is 12.3 Å². The maximum atomic E-state index is 13.8. The van der Waals surface area contributed by atoms with E-state index in [-0.39, 0.29) is 19.8 Å². The number of nitrogens with zero attached hydrogens (tertiary/aromatic N) is 1. The molecule has 0 unspecified atom stereocenters. The van der Waals surface area contributed by atoms with Crippen molar-refractivity contribution in [3.8, 4) is 0 Å². The first-order chi connectivity index (χ1) is 10.4. The zero-order valence-electron chi connectivity index (χ0n) is 11.6. The highest BCUT2D eigenvalue weighted by Gasteiger charge is 2.21. The molecule has 0 aliphatic heterocycles. The SMILES string of the molecule is CCOC(=O)/C(C=NCCO)=C(\O)c1cc(I)cc(F)c1F. The van der Waals surface area contributed by atoms with Gasteiger partial charge < -0.3 is 14.9 Å². The number of rotatable bonds is 6. The first-order valence-corrected chi connectivity index (χ1v) is 7.36. The molecule has 8 heteroatoms. The first kappa shape index (κ1) is 18.5. The average molecular weight is 425 g/mol. The number of hydrogen-bond donors (Lipinski definition) is 2. The third kappa shape index (κ3) is 4.73. The number of aliphatic imine (C=N–C) groups is 1. The van der Waals surface area contributed by atoms with Crippen LogP contribution in [0.5, 0.6) is 0 Å². The largest absolute Gasteiger partial charge is 0.506 e. The number of ether oxygens (including phenoxy) is 1. The molecule has 0 bridgehead atoms. The Bertz CT molecular complexity index is 617. The Morgan fingerprint density at radius 2 is 2.14 bits per heavy atom. The van der Waals surface area contributed by atoms with E-state index in [1.807, 2.05) is 0 Å². The molecular weight excluding hydrogens is 411 g/mol. The fourth-order valence-electron chi connectivity index (χ4n) is 1.51. The van der Waals surface area contributed by atoms with Gasteiger partial charge in [-0.3, -0.25) is 4.99 Å². The lowest BCUT2D eigenvalue weighted by Gasteiger charge is -2.09. The molecule has 0 radical (unpaired) electrons. The fraction of sp³-hybridized carbons (Fsp3) is 0.286. The Balaban J connectivity index is 3.41. The zero-order valence-corrected chi connectivity index (χ0v) is 13.8. The van der Waals surface area contributed by atoms with Gasteiger partial charge in [-0.15, -0.1) is 0 Å². The van der Waals surface area contributed by atoms with E-state index in [1.54, 1.807) is 29.5 Å². The lowest BCUT2D eigenvalue weighted by Crippen LogP contribution is -2.12. The summed E-state index contributed by atoms with van der Waals surface area (Å²) in [4.78, 5) is 15.5. The van der Waals surface area contributed by atoms with Gasteiger partial charge in [-0.05, 0) is 41.6 Å². The van der Waals surface area contributed by atoms with Crippen LogP contribution in [0.2, 0.25) is 0 Å². The summed E-state index contributed by atoms with van der Waals surface area (Å²) >= 11 is 1.75. The summed E-state index contributed by atoms with van der Waals surface area (Å²) < 4.78 is 32.3. The molecule has 0 spiro atoms. The zero-order chi connectivity index (χ0) is 16.7. The smallest absolute Gasteiger partial charge is 0.343 e. The molecule has 0 atom stereocenters. The Kier molecular flexibility index (Phi) is 7.39. The molecule has 1 rings (SSSR count). The molecule has 0 aromatic heterocycles. The Hall–Kier alpha value is -1.55. The van der Waals surface area contributed by atoms with Gasteiger partial charge in [0, 0.05) is 9.78 Å². The van der Waals surface area contributed by atoms with Crippen LogP contribution in [0.3, 0.4) is 0 Å². The van der Waals surface area contributed by atoms with Gasteiger partial charge >= 0.3 is 5.97 Å². The lowest BCUT2D eigenvalue weighted by atomic mass is 10.1. The Labute approximate surface area is 139 Å². The number of halogens is 3. The van der Waals surface area contributed by atoms with E-state index < -0.39 is 34.5 Å². The van der Waals surface area contributed by atoms with E-state index in [4.69, 9.17) is 9.84 Å². The number of aliphatic hydroxyl groups is 2. The maximum absolute atomic E-state index is 13.8. The van der Waals surface area contributed by atoms with E-state index in [2.05, 4.69) is 4.99 Å². The number of hydrogen-bond acceptors (Lipinski definition) is 5. The van der Waals surface area contributed by atoms with Gasteiger partial charge in [0.2, 0.25) is 0 Å². The van der Waals surface area contributed by atoms with Gasteiger partial charge in [0.25, 0.3) is 0 Å². The third-order valence-corrected chi connectivity index (χ3v) is 3.07. The van der Waals surface area contributed by atoms with Gasteiger partial charge in [-0.2, -0.15) is 0 Å². The molecule has 22 heavy (non-hydrogen) atoms. The van der Waals surface area contributed by atoms with E-state index in [9.17, 15) is 18.7 Å². The molecule has 1 aromatic carbocycles. The van der Waals surface area contributed by atoms with Crippen LogP contribution in [0.25, 0.3) is 5.76 Å². The van der Waals surface area contributed by atoms with Crippen LogP contribution in [0.15, 0.2) is 22.7 Å². The molecule has 0 saturated carbocycles. The first-order valence-electron chi connectivity index (χ1n) is 6.28. The maximum Gasteiger partial charge on any atom is 0.343 e. The van der Waals surface area contributed by atoms with Gasteiger partial charge in [-0.25, -0.2) is 13.6 Å². The topological polar surface area (TPSA) is 79.1 Å². The molecule has 0 fully saturated rings. The minimum atomic E-state index is -1.28. The fourth-order valence-corrected chi connectivity index (χ4v) is 2.09. The summed E-state index contributed by atoms with van der Waals surface area (Å²) in [6, 6.07) is 2.14. The summed E-state index contributed by atoms with van der Waals surface area (Å²) in [5.41, 5.74) is -0.890. The van der Waals surface area contributed by atoms with Crippen LogP contribution < -0.4 is 0 Å². The molecule has 5 nitrogen and oxygen atoms in total. The van der Waals surface area contributed by atoms with Crippen molar-refractivity contribution in [2.45, 2.75) is 6.92 Å². The summed E-state index contributed by atoms with van der Waals surface area (Å²) in [5.74, 6) is -4.14. The van der Waals surface area contributed by atoms with Crippen LogP contribution in [-0.2, 0) is 9.53 Å². The van der Waals surface area contributed by atoms with Crippen LogP contribution in [-0.4, -0.2) is 42.2 Å². The van der Waals surface area contributed by atoms with Gasteiger partial charge in [0.05, 0.1) is 25.3 Å². The number of esters is 1. The summed E-state index contributed by atoms with van der Waals surface area (Å²) in [6.07, 6.45) is 0.959. The highest BCUT2D eigenvalue weighted by atomic mass is 127. The Morgan fingerprint density at radius 3 is 2.73 bits per heavy atom. The number of aliphatic hydroxyl groups excluding tert-OH is 2. The number of carbonyl (C=O) groups excluding carboxylic acids is 1. The van der Waals surface area contributed by atoms with Crippen molar-refractivity contribution >= 4 is 40.5 Å². The van der Waals surface area contributed by atoms with Crippen molar-refractivity contribution in [3.05, 3.63) is 38.5 Å². The van der Waals surface area contributed by atoms with Crippen molar-refractivity contribution in [3.63, 3.8) is 0 Å². The van der Waals surface area contributed by atoms with Gasteiger partial charge in [0.1, 0.15) is 11.3 Å². The van der Waals surface area contributed by atoms with E-state index >= 15 is 0 Å². The minimum Gasteiger partial charge on any atom is -0.506 e. The predicted molar refractivity (Wildman–Crippen MR) is 85.7 cm³/mol. The second kappa shape index (κ2) is 8.79. The second-order valence-electron chi connectivity index (χ2n) is 3.99. The molecule has 0 heterocycles. The molecule has 0 aliphatic rings. The monoisotopic (exact) mass is 425 g/mol. The highest BCUT2D eigenvalue weighted by Crippen LogP contribution is 2.24. The molecule has 120 valence electrons. The summed E-state index contributed by atoms with van der Waals surface area (Å²) in [7, 11) is 0. The number of carbonyl (C=O) groups is 1. The summed E-state index contributed by atoms with van der Waals surface area (Å²) in [5, 5.41) is 18.8. The van der Waals surface area contributed by atoms with Crippen LogP contribution >= 0.6 is 22.6 Å². The molecule has 0 aliphatic carbocycles. The highest BCUT2D eigenvalue weighted by molar-refractivity contribution is 14.1. The molecule has 0 amide bonds. The van der Waals surface area contributed by atoms with Crippen LogP contribution in [0.4, 0.5) is 8.78 Å². The molecule has 1 aromatic rings. The van der Waals surface area contributed by atoms with Crippen molar-refractivity contribution in [2.75, 3.05) is 19.8 Å². The third-order valence-electron chi connectivity index (χ3n) is 2.45. The Morgan fingerprint density at radius 1 is 1.45 bits per heavy atom. The normalized spacial score (nSPS) is 12.4. The average Bonchev–Trinajstić information content (AvgIpc) is 2.47. The number of benzene rings is 1. The molecular formula is C14H14F2INO4. The van der Waals surface area contributed by atoms with Crippen molar-refractivity contribution in [2.24, 2.45) is 4.99 Å². The van der Waals surface area contributed by atoms with Crippen LogP contribution in [0.1, 0.15) is 12.5 Å². The standard InChI is InChI=1S/C14H14F2INO4/c1-2-22-14(21)10(7-18-3-4-19)13(20)9-5-8(17)6-11(15)12(9)16/h5-7,19-20H,2-4H2,1H3/b13-10-,18-7?. The van der Waals surface area contributed by atoms with Crippen LogP contribution in [0, 0.1) is 15.2 Å². The molecule has 0 saturated heterocycles.